The van der Waals surface area contributed by atoms with Crippen molar-refractivity contribution in [2.75, 3.05) is 27.3 Å². The Morgan fingerprint density at radius 1 is 0.968 bits per heavy atom. The van der Waals surface area contributed by atoms with Gasteiger partial charge in [0.1, 0.15) is 5.75 Å². The van der Waals surface area contributed by atoms with E-state index in [4.69, 9.17) is 9.47 Å². The van der Waals surface area contributed by atoms with Crippen LogP contribution in [0, 0.1) is 0 Å². The number of nitrogens with one attached hydrogen (secondary N) is 1. The van der Waals surface area contributed by atoms with E-state index in [9.17, 15) is 4.79 Å². The third-order valence-electron chi connectivity index (χ3n) is 5.94. The molecule has 0 unspecified atom stereocenters. The molecule has 0 atom stereocenters. The molecule has 1 amide bonds. The number of fused-ring (bicyclic) bond motifs is 1. The number of methoxy groups -OCH3 is 2. The zero-order valence-corrected chi connectivity index (χ0v) is 18.3. The second-order valence-electron chi connectivity index (χ2n) is 8.20. The third kappa shape index (κ3) is 5.43. The summed E-state index contributed by atoms with van der Waals surface area (Å²) >= 11 is 0. The molecule has 1 saturated heterocycles. The Labute approximate surface area is 184 Å². The molecule has 3 aromatic carbocycles. The Bertz CT molecular complexity index is 1040. The first kappa shape index (κ1) is 21.3. The van der Waals surface area contributed by atoms with E-state index in [1.54, 1.807) is 20.3 Å². The zero-order chi connectivity index (χ0) is 21.6. The van der Waals surface area contributed by atoms with Crippen LogP contribution in [0.25, 0.3) is 10.8 Å². The van der Waals surface area contributed by atoms with Gasteiger partial charge >= 0.3 is 0 Å². The molecule has 3 aromatic rings. The van der Waals surface area contributed by atoms with Gasteiger partial charge in [0.15, 0.2) is 0 Å². The van der Waals surface area contributed by atoms with Crippen molar-refractivity contribution < 1.29 is 14.3 Å². The summed E-state index contributed by atoms with van der Waals surface area (Å²) in [6, 6.07) is 20.7. The molecule has 0 bridgehead atoms. The number of nitrogens with zero attached hydrogens (tertiary/aromatic N) is 1. The van der Waals surface area contributed by atoms with Crippen molar-refractivity contribution in [1.29, 1.82) is 0 Å². The molecule has 0 aliphatic carbocycles. The molecule has 0 radical (unpaired) electrons. The summed E-state index contributed by atoms with van der Waals surface area (Å²) in [5.41, 5.74) is 3.16. The average molecular weight is 419 g/mol. The molecule has 0 spiro atoms. The Hall–Kier alpha value is -2.89. The summed E-state index contributed by atoms with van der Waals surface area (Å²) in [5.74, 6) is 0.672. The van der Waals surface area contributed by atoms with E-state index in [1.165, 1.54) is 21.9 Å². The van der Waals surface area contributed by atoms with Crippen LogP contribution in [0.4, 0.5) is 0 Å². The second kappa shape index (κ2) is 9.94. The van der Waals surface area contributed by atoms with E-state index in [0.717, 1.165) is 32.5 Å². The lowest BCUT2D eigenvalue weighted by atomic mass is 10.0. The molecule has 1 heterocycles. The smallest absolute Gasteiger partial charge is 0.251 e. The number of carbonyl (C=O) groups is 1. The number of carbonyl (C=O) groups excluding carboxylic acids is 1. The first-order chi connectivity index (χ1) is 15.1. The van der Waals surface area contributed by atoms with Gasteiger partial charge in [-0.3, -0.25) is 9.69 Å². The van der Waals surface area contributed by atoms with Crippen molar-refractivity contribution in [3.05, 3.63) is 77.4 Å². The van der Waals surface area contributed by atoms with Gasteiger partial charge in [-0.25, -0.2) is 0 Å². The van der Waals surface area contributed by atoms with Gasteiger partial charge in [-0.15, -0.1) is 0 Å². The van der Waals surface area contributed by atoms with Crippen molar-refractivity contribution in [3.8, 4) is 5.75 Å². The van der Waals surface area contributed by atoms with Crippen LogP contribution in [0.3, 0.4) is 0 Å². The lowest BCUT2D eigenvalue weighted by molar-refractivity contribution is 0.0908. The molecule has 5 heteroatoms. The Morgan fingerprint density at radius 3 is 2.45 bits per heavy atom. The van der Waals surface area contributed by atoms with Crippen LogP contribution in [0.1, 0.15) is 34.3 Å². The Morgan fingerprint density at radius 2 is 1.71 bits per heavy atom. The summed E-state index contributed by atoms with van der Waals surface area (Å²) in [6.45, 7) is 3.52. The van der Waals surface area contributed by atoms with Gasteiger partial charge in [0.05, 0.1) is 13.7 Å². The molecular formula is C26H30N2O3. The normalized spacial score (nSPS) is 15.2. The summed E-state index contributed by atoms with van der Waals surface area (Å²) in [4.78, 5) is 15.0. The van der Waals surface area contributed by atoms with Crippen LogP contribution in [0.5, 0.6) is 5.75 Å². The number of rotatable bonds is 7. The maximum atomic E-state index is 12.6. The average Bonchev–Trinajstić information content (AvgIpc) is 2.80. The minimum Gasteiger partial charge on any atom is -0.497 e. The minimum absolute atomic E-state index is 0.0289. The molecule has 4 rings (SSSR count). The van der Waals surface area contributed by atoms with Crippen molar-refractivity contribution >= 4 is 16.7 Å². The van der Waals surface area contributed by atoms with E-state index >= 15 is 0 Å². The van der Waals surface area contributed by atoms with Gasteiger partial charge in [-0.1, -0.05) is 30.3 Å². The van der Waals surface area contributed by atoms with Gasteiger partial charge in [0.25, 0.3) is 5.91 Å². The standard InChI is InChI=1S/C26H30N2O3/c1-30-18-20-7-9-21-8-6-19(14-23(21)15-20)17-28-12-10-24(11-13-28)27-26(29)22-4-3-5-25(16-22)31-2/h3-9,14-16,24H,10-13,17-18H2,1-2H3,(H,27,29). The molecule has 1 aliphatic heterocycles. The molecule has 1 N–H and O–H groups in total. The van der Waals surface area contributed by atoms with E-state index in [1.807, 2.05) is 18.2 Å². The number of hydrogen-bond acceptors (Lipinski definition) is 4. The van der Waals surface area contributed by atoms with E-state index in [2.05, 4.69) is 46.6 Å². The van der Waals surface area contributed by atoms with Gasteiger partial charge in [-0.2, -0.15) is 0 Å². The predicted molar refractivity (Wildman–Crippen MR) is 123 cm³/mol. The number of likely N-dealkylation sites (tertiary alicyclic amines) is 1. The van der Waals surface area contributed by atoms with E-state index < -0.39 is 0 Å². The van der Waals surface area contributed by atoms with Gasteiger partial charge in [0, 0.05) is 38.3 Å². The maximum absolute atomic E-state index is 12.6. The number of ether oxygens (including phenoxy) is 2. The number of piperidine rings is 1. The SMILES string of the molecule is COCc1ccc2ccc(CN3CCC(NC(=O)c4cccc(OC)c4)CC3)cc2c1. The monoisotopic (exact) mass is 418 g/mol. The van der Waals surface area contributed by atoms with Gasteiger partial charge in [-0.05, 0) is 65.1 Å². The van der Waals surface area contributed by atoms with Crippen LogP contribution in [0.2, 0.25) is 0 Å². The Kier molecular flexibility index (Phi) is 6.85. The van der Waals surface area contributed by atoms with Crippen LogP contribution < -0.4 is 10.1 Å². The fourth-order valence-corrected chi connectivity index (χ4v) is 4.23. The topological polar surface area (TPSA) is 50.8 Å². The molecule has 0 saturated carbocycles. The highest BCUT2D eigenvalue weighted by molar-refractivity contribution is 5.94. The highest BCUT2D eigenvalue weighted by Crippen LogP contribution is 2.21. The molecular weight excluding hydrogens is 388 g/mol. The first-order valence-corrected chi connectivity index (χ1v) is 10.8. The molecule has 162 valence electrons. The highest BCUT2D eigenvalue weighted by atomic mass is 16.5. The van der Waals surface area contributed by atoms with Crippen LogP contribution in [0.15, 0.2) is 60.7 Å². The number of hydrogen-bond donors (Lipinski definition) is 1. The summed E-state index contributed by atoms with van der Waals surface area (Å²) in [7, 11) is 3.34. The molecule has 1 aliphatic rings. The summed E-state index contributed by atoms with van der Waals surface area (Å²) in [6.07, 6.45) is 1.92. The highest BCUT2D eigenvalue weighted by Gasteiger charge is 2.21. The molecule has 5 nitrogen and oxygen atoms in total. The summed E-state index contributed by atoms with van der Waals surface area (Å²) in [5, 5.41) is 5.69. The number of amides is 1. The zero-order valence-electron chi connectivity index (χ0n) is 18.3. The predicted octanol–water partition coefficient (Wildman–Crippen LogP) is 4.39. The van der Waals surface area contributed by atoms with E-state index in [0.29, 0.717) is 17.9 Å². The third-order valence-corrected chi connectivity index (χ3v) is 5.94. The van der Waals surface area contributed by atoms with Crippen LogP contribution in [-0.4, -0.2) is 44.2 Å². The van der Waals surface area contributed by atoms with Crippen molar-refractivity contribution in [2.24, 2.45) is 0 Å². The fourth-order valence-electron chi connectivity index (χ4n) is 4.23. The Balaban J connectivity index is 1.32. The quantitative estimate of drug-likeness (QED) is 0.618. The van der Waals surface area contributed by atoms with Gasteiger partial charge < -0.3 is 14.8 Å². The van der Waals surface area contributed by atoms with Gasteiger partial charge in [0.2, 0.25) is 0 Å². The lowest BCUT2D eigenvalue weighted by Gasteiger charge is -2.32. The fraction of sp³-hybridized carbons (Fsp3) is 0.346. The molecule has 31 heavy (non-hydrogen) atoms. The van der Waals surface area contributed by atoms with Crippen molar-refractivity contribution in [1.82, 2.24) is 10.2 Å². The largest absolute Gasteiger partial charge is 0.497 e. The first-order valence-electron chi connectivity index (χ1n) is 10.8. The maximum Gasteiger partial charge on any atom is 0.251 e. The van der Waals surface area contributed by atoms with Crippen molar-refractivity contribution in [3.63, 3.8) is 0 Å². The molecule has 1 fully saturated rings. The minimum atomic E-state index is -0.0289. The number of benzene rings is 3. The van der Waals surface area contributed by atoms with Crippen LogP contribution in [-0.2, 0) is 17.9 Å². The molecule has 0 aromatic heterocycles. The van der Waals surface area contributed by atoms with Crippen molar-refractivity contribution in [2.45, 2.75) is 32.0 Å². The lowest BCUT2D eigenvalue weighted by Crippen LogP contribution is -2.44. The second-order valence-corrected chi connectivity index (χ2v) is 8.20. The van der Waals surface area contributed by atoms with E-state index in [-0.39, 0.29) is 11.9 Å². The summed E-state index contributed by atoms with van der Waals surface area (Å²) < 4.78 is 10.5. The van der Waals surface area contributed by atoms with Crippen LogP contribution >= 0.6 is 0 Å².